The van der Waals surface area contributed by atoms with E-state index >= 15 is 0 Å². The predicted octanol–water partition coefficient (Wildman–Crippen LogP) is 3.92. The summed E-state index contributed by atoms with van der Waals surface area (Å²) in [7, 11) is 0. The van der Waals surface area contributed by atoms with Crippen LogP contribution in [0.2, 0.25) is 5.02 Å². The van der Waals surface area contributed by atoms with E-state index in [0.717, 1.165) is 17.2 Å². The van der Waals surface area contributed by atoms with Crippen LogP contribution in [0.1, 0.15) is 24.2 Å². The van der Waals surface area contributed by atoms with Gasteiger partial charge in [0.15, 0.2) is 0 Å². The topological polar surface area (TPSA) is 105 Å². The van der Waals surface area contributed by atoms with Gasteiger partial charge in [-0.25, -0.2) is 4.79 Å². The Labute approximate surface area is 178 Å². The van der Waals surface area contributed by atoms with Crippen LogP contribution in [-0.2, 0) is 14.4 Å². The molecule has 8 nitrogen and oxygen atoms in total. The summed E-state index contributed by atoms with van der Waals surface area (Å²) >= 11 is 5.93. The number of amides is 2. The van der Waals surface area contributed by atoms with Crippen LogP contribution in [0.25, 0.3) is 0 Å². The van der Waals surface area contributed by atoms with Crippen molar-refractivity contribution in [2.45, 2.75) is 13.8 Å². The van der Waals surface area contributed by atoms with Gasteiger partial charge in [-0.3, -0.25) is 14.4 Å². The molecule has 2 aromatic carbocycles. The Morgan fingerprint density at radius 3 is 2.50 bits per heavy atom. The molecule has 30 heavy (non-hydrogen) atoms. The first kappa shape index (κ1) is 22.9. The summed E-state index contributed by atoms with van der Waals surface area (Å²) in [5, 5.41) is 12.9. The lowest BCUT2D eigenvalue weighted by molar-refractivity contribution is -0.131. The van der Waals surface area contributed by atoms with Gasteiger partial charge in [0.1, 0.15) is 5.75 Å². The molecule has 0 aromatic heterocycles. The third kappa shape index (κ3) is 6.33. The third-order valence-corrected chi connectivity index (χ3v) is 3.90. The van der Waals surface area contributed by atoms with E-state index in [2.05, 4.69) is 5.32 Å². The molecule has 0 unspecified atom stereocenters. The van der Waals surface area contributed by atoms with E-state index < -0.39 is 11.9 Å². The standard InChI is InChI=1S/C21H21ClN2O6/c1-3-29-18-13-16(24(30-4-2)19(25)10-11-20(26)27)8-9-17(18)23-21(28)14-6-5-7-15(22)12-14/h5-13H,3-4H2,1-2H3,(H,23,28)(H,26,27). The molecule has 2 amide bonds. The van der Waals surface area contributed by atoms with Gasteiger partial charge < -0.3 is 15.2 Å². The number of nitrogens with zero attached hydrogens (tertiary/aromatic N) is 1. The minimum atomic E-state index is -1.26. The number of halogens is 1. The number of carboxylic acids is 1. The second-order valence-corrected chi connectivity index (χ2v) is 6.24. The third-order valence-electron chi connectivity index (χ3n) is 3.66. The van der Waals surface area contributed by atoms with Crippen molar-refractivity contribution in [2.75, 3.05) is 23.6 Å². The first-order valence-electron chi connectivity index (χ1n) is 9.07. The lowest BCUT2D eigenvalue weighted by Crippen LogP contribution is -2.29. The maximum atomic E-state index is 12.5. The molecule has 0 saturated carbocycles. The van der Waals surface area contributed by atoms with Crippen molar-refractivity contribution in [1.82, 2.24) is 0 Å². The highest BCUT2D eigenvalue weighted by Crippen LogP contribution is 2.31. The van der Waals surface area contributed by atoms with E-state index in [0.29, 0.717) is 34.3 Å². The number of ether oxygens (including phenoxy) is 1. The van der Waals surface area contributed by atoms with E-state index in [1.165, 1.54) is 18.2 Å². The van der Waals surface area contributed by atoms with Crippen LogP contribution in [-0.4, -0.2) is 36.1 Å². The summed E-state index contributed by atoms with van der Waals surface area (Å²) < 4.78 is 5.60. The lowest BCUT2D eigenvalue weighted by Gasteiger charge is -2.21. The van der Waals surface area contributed by atoms with E-state index in [9.17, 15) is 14.4 Å². The van der Waals surface area contributed by atoms with Gasteiger partial charge in [-0.1, -0.05) is 17.7 Å². The molecule has 0 fully saturated rings. The van der Waals surface area contributed by atoms with Crippen LogP contribution in [0, 0.1) is 0 Å². The second-order valence-electron chi connectivity index (χ2n) is 5.80. The van der Waals surface area contributed by atoms with Crippen molar-refractivity contribution < 1.29 is 29.1 Å². The lowest BCUT2D eigenvalue weighted by atomic mass is 10.2. The quantitative estimate of drug-likeness (QED) is 0.459. The second kappa shape index (κ2) is 11.0. The Bertz CT molecular complexity index is 960. The SMILES string of the molecule is CCOc1cc(N(OCC)C(=O)C=CC(=O)O)ccc1NC(=O)c1cccc(Cl)c1. The fraction of sp³-hybridized carbons (Fsp3) is 0.190. The van der Waals surface area contributed by atoms with Crippen LogP contribution < -0.4 is 15.1 Å². The zero-order chi connectivity index (χ0) is 22.1. The monoisotopic (exact) mass is 432 g/mol. The minimum absolute atomic E-state index is 0.171. The molecule has 0 radical (unpaired) electrons. The van der Waals surface area contributed by atoms with Crippen molar-refractivity contribution in [2.24, 2.45) is 0 Å². The molecular weight excluding hydrogens is 412 g/mol. The maximum Gasteiger partial charge on any atom is 0.328 e. The highest BCUT2D eigenvalue weighted by molar-refractivity contribution is 6.31. The summed E-state index contributed by atoms with van der Waals surface area (Å²) in [6.07, 6.45) is 1.60. The zero-order valence-electron chi connectivity index (χ0n) is 16.4. The summed E-state index contributed by atoms with van der Waals surface area (Å²) in [6.45, 7) is 3.94. The summed E-state index contributed by atoms with van der Waals surface area (Å²) in [4.78, 5) is 40.9. The Morgan fingerprint density at radius 2 is 1.87 bits per heavy atom. The highest BCUT2D eigenvalue weighted by Gasteiger charge is 2.18. The number of hydrogen-bond acceptors (Lipinski definition) is 5. The fourth-order valence-corrected chi connectivity index (χ4v) is 2.63. The summed E-state index contributed by atoms with van der Waals surface area (Å²) in [5.41, 5.74) is 1.07. The number of aliphatic carboxylic acids is 1. The summed E-state index contributed by atoms with van der Waals surface area (Å²) in [6, 6.07) is 11.1. The largest absolute Gasteiger partial charge is 0.492 e. The Morgan fingerprint density at radius 1 is 1.10 bits per heavy atom. The molecule has 0 spiro atoms. The fourth-order valence-electron chi connectivity index (χ4n) is 2.44. The molecular formula is C21H21ClN2O6. The Hall–Kier alpha value is -3.36. The van der Waals surface area contributed by atoms with Gasteiger partial charge in [-0.15, -0.1) is 0 Å². The van der Waals surface area contributed by atoms with E-state index in [4.69, 9.17) is 26.3 Å². The van der Waals surface area contributed by atoms with E-state index in [-0.39, 0.29) is 12.5 Å². The number of nitrogens with one attached hydrogen (secondary N) is 1. The van der Waals surface area contributed by atoms with Crippen LogP contribution >= 0.6 is 11.6 Å². The van der Waals surface area contributed by atoms with Gasteiger partial charge in [0.25, 0.3) is 11.8 Å². The molecule has 0 saturated heterocycles. The van der Waals surface area contributed by atoms with Crippen LogP contribution in [0.15, 0.2) is 54.6 Å². The van der Waals surface area contributed by atoms with E-state index in [1.54, 1.807) is 38.1 Å². The number of carbonyl (C=O) groups is 3. The molecule has 9 heteroatoms. The van der Waals surface area contributed by atoms with Crippen LogP contribution in [0.5, 0.6) is 5.75 Å². The molecule has 0 aliphatic rings. The van der Waals surface area contributed by atoms with Crippen molar-refractivity contribution in [3.8, 4) is 5.75 Å². The minimum Gasteiger partial charge on any atom is -0.492 e. The molecule has 0 atom stereocenters. The van der Waals surface area contributed by atoms with Gasteiger partial charge in [0, 0.05) is 28.8 Å². The van der Waals surface area contributed by atoms with Gasteiger partial charge in [-0.05, 0) is 44.2 Å². The van der Waals surface area contributed by atoms with Gasteiger partial charge in [-0.2, -0.15) is 5.06 Å². The number of carboxylic acid groups (broad SMARTS) is 1. The van der Waals surface area contributed by atoms with E-state index in [1.807, 2.05) is 0 Å². The summed E-state index contributed by atoms with van der Waals surface area (Å²) in [5.74, 6) is -2.01. The van der Waals surface area contributed by atoms with Gasteiger partial charge >= 0.3 is 5.97 Å². The van der Waals surface area contributed by atoms with Crippen LogP contribution in [0.3, 0.4) is 0 Å². The van der Waals surface area contributed by atoms with Crippen molar-refractivity contribution in [3.63, 3.8) is 0 Å². The van der Waals surface area contributed by atoms with Crippen molar-refractivity contribution in [3.05, 3.63) is 65.2 Å². The molecule has 0 aliphatic carbocycles. The van der Waals surface area contributed by atoms with Crippen LogP contribution in [0.4, 0.5) is 11.4 Å². The van der Waals surface area contributed by atoms with Crippen molar-refractivity contribution >= 4 is 40.8 Å². The number of hydroxylamine groups is 1. The Kier molecular flexibility index (Phi) is 8.40. The molecule has 2 rings (SSSR count). The Balaban J connectivity index is 2.33. The molecule has 0 heterocycles. The smallest absolute Gasteiger partial charge is 0.328 e. The number of rotatable bonds is 9. The predicted molar refractivity (Wildman–Crippen MR) is 113 cm³/mol. The van der Waals surface area contributed by atoms with Gasteiger partial charge in [0.2, 0.25) is 0 Å². The average Bonchev–Trinajstić information content (AvgIpc) is 2.71. The zero-order valence-corrected chi connectivity index (χ0v) is 17.2. The maximum absolute atomic E-state index is 12.5. The van der Waals surface area contributed by atoms with Crippen molar-refractivity contribution in [1.29, 1.82) is 0 Å². The first-order chi connectivity index (χ1) is 14.3. The molecule has 0 aliphatic heterocycles. The number of carbonyl (C=O) groups excluding carboxylic acids is 2. The molecule has 158 valence electrons. The number of hydrogen-bond donors (Lipinski definition) is 2. The first-order valence-corrected chi connectivity index (χ1v) is 9.45. The average molecular weight is 433 g/mol. The molecule has 0 bridgehead atoms. The molecule has 2 N–H and O–H groups in total. The van der Waals surface area contributed by atoms with Gasteiger partial charge in [0.05, 0.1) is 24.6 Å². The highest BCUT2D eigenvalue weighted by atomic mass is 35.5. The number of benzene rings is 2. The molecule has 2 aromatic rings. The number of anilines is 2. The normalized spacial score (nSPS) is 10.6.